The number of alkyl halides is 1. The Labute approximate surface area is 145 Å². The molecule has 0 saturated heterocycles. The van der Waals surface area contributed by atoms with Crippen LogP contribution in [0.3, 0.4) is 0 Å². The van der Waals surface area contributed by atoms with Crippen molar-refractivity contribution in [3.05, 3.63) is 55.6 Å². The van der Waals surface area contributed by atoms with E-state index in [0.29, 0.717) is 0 Å². The zero-order valence-corrected chi connectivity index (χ0v) is 15.5. The monoisotopic (exact) mass is 466 g/mol. The van der Waals surface area contributed by atoms with Gasteiger partial charge in [-0.1, -0.05) is 15.9 Å². The average Bonchev–Trinajstić information content (AvgIpc) is 2.48. The first-order valence-corrected chi connectivity index (χ1v) is 8.18. The predicted octanol–water partition coefficient (Wildman–Crippen LogP) is 5.40. The Hall–Kier alpha value is -0.460. The van der Waals surface area contributed by atoms with Gasteiger partial charge in [-0.2, -0.15) is 0 Å². The summed E-state index contributed by atoms with van der Waals surface area (Å²) in [6, 6.07) is 11.8. The van der Waals surface area contributed by atoms with Gasteiger partial charge in [0, 0.05) is 19.7 Å². The molecule has 0 aliphatic rings. The molecule has 5 heteroatoms. The topological polar surface area (TPSA) is 18.5 Å². The summed E-state index contributed by atoms with van der Waals surface area (Å²) in [5.41, 5.74) is 1.93. The third-order valence-corrected chi connectivity index (χ3v) is 4.81. The normalized spacial score (nSPS) is 12.1. The summed E-state index contributed by atoms with van der Waals surface area (Å²) in [6.07, 6.45) is 0. The van der Waals surface area contributed by atoms with E-state index >= 15 is 0 Å². The largest absolute Gasteiger partial charge is 0.497 e. The molecule has 0 aromatic heterocycles. The molecule has 1 atom stereocenters. The molecule has 0 heterocycles. The fourth-order valence-corrected chi connectivity index (χ4v) is 3.39. The first kappa shape index (κ1) is 15.9. The maximum Gasteiger partial charge on any atom is 0.127 e. The van der Waals surface area contributed by atoms with Gasteiger partial charge in [-0.15, -0.1) is 11.6 Å². The number of rotatable bonds is 4. The lowest BCUT2D eigenvalue weighted by atomic mass is 10.0. The second-order valence-corrected chi connectivity index (χ2v) is 6.67. The van der Waals surface area contributed by atoms with Gasteiger partial charge in [0.05, 0.1) is 19.6 Å². The van der Waals surface area contributed by atoms with Gasteiger partial charge < -0.3 is 9.47 Å². The highest BCUT2D eigenvalue weighted by Gasteiger charge is 2.19. The molecule has 0 amide bonds. The van der Waals surface area contributed by atoms with Crippen LogP contribution in [-0.2, 0) is 0 Å². The van der Waals surface area contributed by atoms with Gasteiger partial charge in [-0.25, -0.2) is 0 Å². The van der Waals surface area contributed by atoms with E-state index in [-0.39, 0.29) is 5.38 Å². The van der Waals surface area contributed by atoms with E-state index in [1.165, 1.54) is 0 Å². The van der Waals surface area contributed by atoms with Crippen LogP contribution in [0, 0.1) is 3.57 Å². The van der Waals surface area contributed by atoms with Crippen molar-refractivity contribution in [2.24, 2.45) is 0 Å². The lowest BCUT2D eigenvalue weighted by Gasteiger charge is -2.17. The van der Waals surface area contributed by atoms with Crippen LogP contribution in [0.1, 0.15) is 16.5 Å². The van der Waals surface area contributed by atoms with Crippen LogP contribution in [0.5, 0.6) is 11.5 Å². The van der Waals surface area contributed by atoms with Gasteiger partial charge in [0.15, 0.2) is 0 Å². The fourth-order valence-electron chi connectivity index (χ4n) is 1.90. The molecule has 20 heavy (non-hydrogen) atoms. The van der Waals surface area contributed by atoms with Crippen molar-refractivity contribution in [3.8, 4) is 11.5 Å². The lowest BCUT2D eigenvalue weighted by Crippen LogP contribution is -1.99. The number of methoxy groups -OCH3 is 2. The van der Waals surface area contributed by atoms with Gasteiger partial charge in [0.2, 0.25) is 0 Å². The van der Waals surface area contributed by atoms with Gasteiger partial charge in [-0.3, -0.25) is 0 Å². The van der Waals surface area contributed by atoms with E-state index in [0.717, 1.165) is 30.7 Å². The molecule has 1 unspecified atom stereocenters. The Morgan fingerprint density at radius 3 is 2.45 bits per heavy atom. The fraction of sp³-hybridized carbons (Fsp3) is 0.200. The molecular formula is C15H13BrClIO2. The van der Waals surface area contributed by atoms with Gasteiger partial charge in [-0.05, 0) is 58.5 Å². The van der Waals surface area contributed by atoms with Crippen molar-refractivity contribution >= 4 is 50.1 Å². The van der Waals surface area contributed by atoms with E-state index in [1.807, 2.05) is 30.3 Å². The molecule has 106 valence electrons. The smallest absolute Gasteiger partial charge is 0.127 e. The Morgan fingerprint density at radius 2 is 1.80 bits per heavy atom. The molecule has 2 aromatic rings. The van der Waals surface area contributed by atoms with Crippen molar-refractivity contribution in [1.29, 1.82) is 0 Å². The van der Waals surface area contributed by atoms with Gasteiger partial charge >= 0.3 is 0 Å². The molecule has 2 aromatic carbocycles. The SMILES string of the molecule is COc1ccc(C(Cl)c2cc(I)ccc2Br)c(OC)c1. The van der Waals surface area contributed by atoms with Crippen LogP contribution in [0.2, 0.25) is 0 Å². The second kappa shape index (κ2) is 7.00. The predicted molar refractivity (Wildman–Crippen MR) is 94.1 cm³/mol. The summed E-state index contributed by atoms with van der Waals surface area (Å²) in [5.74, 6) is 1.46. The molecule has 2 rings (SSSR count). The number of hydrogen-bond donors (Lipinski definition) is 0. The minimum atomic E-state index is -0.292. The second-order valence-electron chi connectivity index (χ2n) is 4.14. The third-order valence-electron chi connectivity index (χ3n) is 2.94. The Bertz CT molecular complexity index is 619. The average molecular weight is 468 g/mol. The van der Waals surface area contributed by atoms with E-state index < -0.39 is 0 Å². The molecular weight excluding hydrogens is 454 g/mol. The first-order valence-electron chi connectivity index (χ1n) is 5.87. The van der Waals surface area contributed by atoms with Crippen molar-refractivity contribution in [3.63, 3.8) is 0 Å². The lowest BCUT2D eigenvalue weighted by molar-refractivity contribution is 0.391. The van der Waals surface area contributed by atoms with E-state index in [4.69, 9.17) is 21.1 Å². The van der Waals surface area contributed by atoms with E-state index in [2.05, 4.69) is 44.6 Å². The highest BCUT2D eigenvalue weighted by atomic mass is 127. The molecule has 0 radical (unpaired) electrons. The Kier molecular flexibility index (Phi) is 5.57. The number of ether oxygens (including phenoxy) is 2. The zero-order valence-electron chi connectivity index (χ0n) is 11.0. The van der Waals surface area contributed by atoms with Crippen molar-refractivity contribution in [1.82, 2.24) is 0 Å². The Morgan fingerprint density at radius 1 is 1.05 bits per heavy atom. The van der Waals surface area contributed by atoms with Crippen LogP contribution in [0.15, 0.2) is 40.9 Å². The van der Waals surface area contributed by atoms with Crippen LogP contribution < -0.4 is 9.47 Å². The maximum atomic E-state index is 6.63. The van der Waals surface area contributed by atoms with Crippen molar-refractivity contribution in [2.75, 3.05) is 14.2 Å². The summed E-state index contributed by atoms with van der Waals surface area (Å²) in [6.45, 7) is 0. The molecule has 0 fully saturated rings. The number of hydrogen-bond acceptors (Lipinski definition) is 2. The van der Waals surface area contributed by atoms with Crippen molar-refractivity contribution < 1.29 is 9.47 Å². The summed E-state index contributed by atoms with van der Waals surface area (Å²) < 4.78 is 12.7. The molecule has 0 spiro atoms. The number of halogens is 3. The number of benzene rings is 2. The third kappa shape index (κ3) is 3.40. The van der Waals surface area contributed by atoms with Crippen molar-refractivity contribution in [2.45, 2.75) is 5.38 Å². The molecule has 2 nitrogen and oxygen atoms in total. The molecule has 0 aliphatic heterocycles. The summed E-state index contributed by atoms with van der Waals surface area (Å²) in [4.78, 5) is 0. The summed E-state index contributed by atoms with van der Waals surface area (Å²) in [7, 11) is 3.26. The molecule has 0 N–H and O–H groups in total. The van der Waals surface area contributed by atoms with Gasteiger partial charge in [0.25, 0.3) is 0 Å². The minimum Gasteiger partial charge on any atom is -0.497 e. The quantitative estimate of drug-likeness (QED) is 0.443. The molecule has 0 bridgehead atoms. The van der Waals surface area contributed by atoms with Gasteiger partial charge in [0.1, 0.15) is 11.5 Å². The summed E-state index contributed by atoms with van der Waals surface area (Å²) in [5, 5.41) is -0.292. The summed E-state index contributed by atoms with van der Waals surface area (Å²) >= 11 is 12.5. The Balaban J connectivity index is 2.47. The standard InChI is InChI=1S/C15H13BrClIO2/c1-19-10-4-5-11(14(8-10)20-2)15(17)12-7-9(18)3-6-13(12)16/h3-8,15H,1-2H3. The maximum absolute atomic E-state index is 6.63. The van der Waals surface area contributed by atoms with E-state index in [9.17, 15) is 0 Å². The van der Waals surface area contributed by atoms with Crippen LogP contribution in [0.25, 0.3) is 0 Å². The first-order chi connectivity index (χ1) is 9.56. The molecule has 0 aliphatic carbocycles. The van der Waals surface area contributed by atoms with Crippen LogP contribution >= 0.6 is 50.1 Å². The zero-order chi connectivity index (χ0) is 14.7. The minimum absolute atomic E-state index is 0.292. The molecule has 0 saturated carbocycles. The highest BCUT2D eigenvalue weighted by molar-refractivity contribution is 14.1. The highest BCUT2D eigenvalue weighted by Crippen LogP contribution is 2.40. The van der Waals surface area contributed by atoms with E-state index in [1.54, 1.807) is 14.2 Å². The van der Waals surface area contributed by atoms with Crippen LogP contribution in [0.4, 0.5) is 0 Å². The van der Waals surface area contributed by atoms with Crippen LogP contribution in [-0.4, -0.2) is 14.2 Å².